The van der Waals surface area contributed by atoms with Crippen molar-refractivity contribution in [2.24, 2.45) is 0 Å². The van der Waals surface area contributed by atoms with Crippen molar-refractivity contribution in [3.05, 3.63) is 59.2 Å². The first kappa shape index (κ1) is 19.8. The second-order valence-electron chi connectivity index (χ2n) is 6.32. The maximum Gasteiger partial charge on any atom is 0.339 e. The quantitative estimate of drug-likeness (QED) is 0.588. The molecule has 146 valence electrons. The first-order chi connectivity index (χ1) is 13.3. The van der Waals surface area contributed by atoms with Crippen molar-refractivity contribution in [3.8, 4) is 0 Å². The highest BCUT2D eigenvalue weighted by molar-refractivity contribution is 7.91. The SMILES string of the molecule is CCS(=O)(=O)c1ccccc1C(=O)OCC(=O)c1ccc2c(c1)CCC(=O)N2. The van der Waals surface area contributed by atoms with Crippen LogP contribution in [0.2, 0.25) is 0 Å². The lowest BCUT2D eigenvalue weighted by Crippen LogP contribution is -2.20. The summed E-state index contributed by atoms with van der Waals surface area (Å²) in [4.78, 5) is 36.0. The first-order valence-electron chi connectivity index (χ1n) is 8.76. The number of carbonyl (C=O) groups excluding carboxylic acids is 3. The zero-order chi connectivity index (χ0) is 20.3. The van der Waals surface area contributed by atoms with E-state index in [1.165, 1.54) is 31.2 Å². The molecule has 1 N–H and O–H groups in total. The number of sulfone groups is 1. The second-order valence-corrected chi connectivity index (χ2v) is 8.57. The van der Waals surface area contributed by atoms with E-state index in [1.54, 1.807) is 18.2 Å². The summed E-state index contributed by atoms with van der Waals surface area (Å²) in [6.45, 7) is 0.976. The number of ketones is 1. The van der Waals surface area contributed by atoms with Gasteiger partial charge in [-0.05, 0) is 42.3 Å². The summed E-state index contributed by atoms with van der Waals surface area (Å²) >= 11 is 0. The molecule has 0 spiro atoms. The maximum atomic E-state index is 12.4. The van der Waals surface area contributed by atoms with Gasteiger partial charge in [0, 0.05) is 17.7 Å². The predicted molar refractivity (Wildman–Crippen MR) is 102 cm³/mol. The van der Waals surface area contributed by atoms with Gasteiger partial charge in [0.05, 0.1) is 16.2 Å². The molecule has 0 saturated carbocycles. The Balaban J connectivity index is 1.72. The Morgan fingerprint density at radius 1 is 1.11 bits per heavy atom. The molecule has 28 heavy (non-hydrogen) atoms. The molecule has 1 heterocycles. The molecule has 0 bridgehead atoms. The van der Waals surface area contributed by atoms with Crippen LogP contribution in [0.1, 0.15) is 39.6 Å². The highest BCUT2D eigenvalue weighted by Gasteiger charge is 2.23. The van der Waals surface area contributed by atoms with Gasteiger partial charge in [-0.1, -0.05) is 19.1 Å². The second kappa shape index (κ2) is 7.93. The first-order valence-corrected chi connectivity index (χ1v) is 10.4. The molecular formula is C20H19NO6S. The van der Waals surface area contributed by atoms with Gasteiger partial charge in [0.25, 0.3) is 0 Å². The van der Waals surface area contributed by atoms with Gasteiger partial charge in [-0.25, -0.2) is 13.2 Å². The Hall–Kier alpha value is -3.00. The van der Waals surface area contributed by atoms with E-state index >= 15 is 0 Å². The van der Waals surface area contributed by atoms with Crippen LogP contribution in [-0.4, -0.2) is 38.4 Å². The van der Waals surface area contributed by atoms with Crippen LogP contribution >= 0.6 is 0 Å². The molecule has 0 aliphatic carbocycles. The number of fused-ring (bicyclic) bond motifs is 1. The Bertz CT molecular complexity index is 1060. The van der Waals surface area contributed by atoms with Crippen LogP contribution < -0.4 is 5.32 Å². The average Bonchev–Trinajstić information content (AvgIpc) is 2.71. The summed E-state index contributed by atoms with van der Waals surface area (Å²) in [6, 6.07) is 10.6. The van der Waals surface area contributed by atoms with Gasteiger partial charge in [-0.3, -0.25) is 9.59 Å². The van der Waals surface area contributed by atoms with Crippen LogP contribution in [0.4, 0.5) is 5.69 Å². The van der Waals surface area contributed by atoms with Crippen molar-refractivity contribution in [1.82, 2.24) is 0 Å². The molecule has 0 saturated heterocycles. The van der Waals surface area contributed by atoms with Crippen LogP contribution in [0.5, 0.6) is 0 Å². The number of rotatable bonds is 6. The third-order valence-electron chi connectivity index (χ3n) is 4.48. The summed E-state index contributed by atoms with van der Waals surface area (Å²) in [5, 5.41) is 2.73. The van der Waals surface area contributed by atoms with Gasteiger partial charge in [-0.15, -0.1) is 0 Å². The van der Waals surface area contributed by atoms with Crippen LogP contribution in [0, 0.1) is 0 Å². The number of aryl methyl sites for hydroxylation is 1. The third-order valence-corrected chi connectivity index (χ3v) is 6.27. The van der Waals surface area contributed by atoms with Gasteiger partial charge in [0.1, 0.15) is 0 Å². The van der Waals surface area contributed by atoms with E-state index in [0.29, 0.717) is 24.1 Å². The van der Waals surface area contributed by atoms with Crippen molar-refractivity contribution >= 4 is 33.2 Å². The fourth-order valence-electron chi connectivity index (χ4n) is 2.91. The lowest BCUT2D eigenvalue weighted by atomic mass is 9.99. The molecule has 1 aliphatic heterocycles. The fourth-order valence-corrected chi connectivity index (χ4v) is 3.99. The summed E-state index contributed by atoms with van der Waals surface area (Å²) < 4.78 is 29.3. The molecule has 7 nitrogen and oxygen atoms in total. The van der Waals surface area contributed by atoms with E-state index in [0.717, 1.165) is 5.56 Å². The van der Waals surface area contributed by atoms with Crippen molar-refractivity contribution < 1.29 is 27.5 Å². The Kier molecular flexibility index (Phi) is 5.60. The lowest BCUT2D eigenvalue weighted by Gasteiger charge is -2.17. The Labute approximate surface area is 162 Å². The predicted octanol–water partition coefficient (Wildman–Crippen LogP) is 2.40. The van der Waals surface area contributed by atoms with E-state index in [-0.39, 0.29) is 22.1 Å². The van der Waals surface area contributed by atoms with E-state index < -0.39 is 28.2 Å². The van der Waals surface area contributed by atoms with Crippen LogP contribution in [0.15, 0.2) is 47.4 Å². The number of carbonyl (C=O) groups is 3. The molecule has 0 atom stereocenters. The topological polar surface area (TPSA) is 107 Å². The Morgan fingerprint density at radius 2 is 1.86 bits per heavy atom. The molecule has 3 rings (SSSR count). The van der Waals surface area contributed by atoms with E-state index in [1.807, 2.05) is 0 Å². The van der Waals surface area contributed by atoms with Gasteiger partial charge >= 0.3 is 5.97 Å². The molecule has 8 heteroatoms. The number of Topliss-reactive ketones (excluding diaryl/α,β-unsaturated/α-hetero) is 1. The normalized spacial score (nSPS) is 13.4. The average molecular weight is 401 g/mol. The molecule has 1 aliphatic rings. The summed E-state index contributed by atoms with van der Waals surface area (Å²) in [5.41, 5.74) is 1.78. The highest BCUT2D eigenvalue weighted by atomic mass is 32.2. The number of ether oxygens (including phenoxy) is 1. The number of nitrogens with one attached hydrogen (secondary N) is 1. The molecule has 0 aromatic heterocycles. The van der Waals surface area contributed by atoms with Crippen molar-refractivity contribution in [2.75, 3.05) is 17.7 Å². The number of esters is 1. The minimum Gasteiger partial charge on any atom is -0.454 e. The number of hydrogen-bond acceptors (Lipinski definition) is 6. The third kappa shape index (κ3) is 4.12. The highest BCUT2D eigenvalue weighted by Crippen LogP contribution is 2.24. The summed E-state index contributed by atoms with van der Waals surface area (Å²) in [7, 11) is -3.60. The van der Waals surface area contributed by atoms with E-state index in [4.69, 9.17) is 4.74 Å². The summed E-state index contributed by atoms with van der Waals surface area (Å²) in [5.74, 6) is -1.50. The molecule has 0 unspecified atom stereocenters. The van der Waals surface area contributed by atoms with Gasteiger partial charge in [0.2, 0.25) is 5.91 Å². The largest absolute Gasteiger partial charge is 0.454 e. The van der Waals surface area contributed by atoms with Gasteiger partial charge in [-0.2, -0.15) is 0 Å². The zero-order valence-electron chi connectivity index (χ0n) is 15.2. The molecule has 0 fully saturated rings. The van der Waals surface area contributed by atoms with E-state index in [2.05, 4.69) is 5.32 Å². The lowest BCUT2D eigenvalue weighted by molar-refractivity contribution is -0.116. The van der Waals surface area contributed by atoms with Crippen LogP contribution in [0.25, 0.3) is 0 Å². The number of amides is 1. The van der Waals surface area contributed by atoms with E-state index in [9.17, 15) is 22.8 Å². The van der Waals surface area contributed by atoms with Crippen molar-refractivity contribution in [1.29, 1.82) is 0 Å². The summed E-state index contributed by atoms with van der Waals surface area (Å²) in [6.07, 6.45) is 0.882. The molecule has 1 amide bonds. The molecular weight excluding hydrogens is 382 g/mol. The van der Waals surface area contributed by atoms with Gasteiger partial charge < -0.3 is 10.1 Å². The Morgan fingerprint density at radius 3 is 2.61 bits per heavy atom. The minimum atomic E-state index is -3.60. The van der Waals surface area contributed by atoms with Gasteiger partial charge in [0.15, 0.2) is 22.2 Å². The van der Waals surface area contributed by atoms with Crippen LogP contribution in [-0.2, 0) is 25.8 Å². The zero-order valence-corrected chi connectivity index (χ0v) is 16.0. The molecule has 0 radical (unpaired) electrons. The number of anilines is 1. The monoisotopic (exact) mass is 401 g/mol. The molecule has 2 aromatic carbocycles. The number of hydrogen-bond donors (Lipinski definition) is 1. The fraction of sp³-hybridized carbons (Fsp3) is 0.250. The molecule has 2 aromatic rings. The smallest absolute Gasteiger partial charge is 0.339 e. The number of benzene rings is 2. The maximum absolute atomic E-state index is 12.4. The van der Waals surface area contributed by atoms with Crippen LogP contribution in [0.3, 0.4) is 0 Å². The van der Waals surface area contributed by atoms with Crippen molar-refractivity contribution in [2.45, 2.75) is 24.7 Å². The standard InChI is InChI=1S/C20H19NO6S/c1-2-28(25,26)18-6-4-3-5-15(18)20(24)27-12-17(22)14-7-9-16-13(11-14)8-10-19(23)21-16/h3-7,9,11H,2,8,10,12H2,1H3,(H,21,23). The minimum absolute atomic E-state index is 0.0683. The van der Waals surface area contributed by atoms with Crippen molar-refractivity contribution in [3.63, 3.8) is 0 Å².